The third kappa shape index (κ3) is 4.10. The molecule has 0 atom stereocenters. The monoisotopic (exact) mass is 321 g/mol. The molecule has 0 bridgehead atoms. The fourth-order valence-electron chi connectivity index (χ4n) is 1.85. The molecule has 7 heteroatoms. The van der Waals surface area contributed by atoms with Crippen molar-refractivity contribution in [3.63, 3.8) is 0 Å². The van der Waals surface area contributed by atoms with Gasteiger partial charge in [0.2, 0.25) is 0 Å². The zero-order chi connectivity index (χ0) is 16.8. The summed E-state index contributed by atoms with van der Waals surface area (Å²) in [5.74, 6) is -1.33. The van der Waals surface area contributed by atoms with Gasteiger partial charge in [-0.25, -0.2) is 4.79 Å². The molecule has 23 heavy (non-hydrogen) atoms. The Labute approximate surface area is 131 Å². The number of halogens is 2. The standard InChI is InChI=1S/C16H13F2NO4/c1-22-15(21)12-7-9-13(10-8-12)19(23-16(17)18)14(20)11-5-3-2-4-6-11/h2-10,16H,1H3. The molecule has 0 heterocycles. The van der Waals surface area contributed by atoms with E-state index in [2.05, 4.69) is 9.57 Å². The van der Waals surface area contributed by atoms with E-state index >= 15 is 0 Å². The van der Waals surface area contributed by atoms with Crippen LogP contribution in [0.25, 0.3) is 0 Å². The van der Waals surface area contributed by atoms with Gasteiger partial charge >= 0.3 is 12.6 Å². The Hall–Kier alpha value is -2.80. The Morgan fingerprint density at radius 1 is 0.957 bits per heavy atom. The highest BCUT2D eigenvalue weighted by molar-refractivity contribution is 6.04. The van der Waals surface area contributed by atoms with Crippen molar-refractivity contribution >= 4 is 17.6 Å². The van der Waals surface area contributed by atoms with Crippen LogP contribution in [0.3, 0.4) is 0 Å². The van der Waals surface area contributed by atoms with Crippen molar-refractivity contribution in [1.29, 1.82) is 0 Å². The number of alkyl halides is 2. The lowest BCUT2D eigenvalue weighted by Crippen LogP contribution is -2.33. The molecule has 0 unspecified atom stereocenters. The summed E-state index contributed by atoms with van der Waals surface area (Å²) in [5.41, 5.74) is 0.470. The maximum Gasteiger partial charge on any atom is 0.365 e. The molecular formula is C16H13F2NO4. The number of ether oxygens (including phenoxy) is 1. The van der Waals surface area contributed by atoms with E-state index in [0.717, 1.165) is 0 Å². The number of nitrogens with zero attached hydrogens (tertiary/aromatic N) is 1. The minimum absolute atomic E-state index is 0.0619. The molecule has 0 saturated heterocycles. The fraction of sp³-hybridized carbons (Fsp3) is 0.125. The Morgan fingerprint density at radius 3 is 2.09 bits per heavy atom. The van der Waals surface area contributed by atoms with Crippen molar-refractivity contribution < 1.29 is 27.9 Å². The summed E-state index contributed by atoms with van der Waals surface area (Å²) in [6.07, 6.45) is 0. The number of amides is 1. The van der Waals surface area contributed by atoms with Gasteiger partial charge in [0.25, 0.3) is 5.91 Å². The zero-order valence-corrected chi connectivity index (χ0v) is 12.1. The molecule has 0 N–H and O–H groups in total. The van der Waals surface area contributed by atoms with Crippen molar-refractivity contribution in [2.45, 2.75) is 6.61 Å². The van der Waals surface area contributed by atoms with Crippen molar-refractivity contribution in [1.82, 2.24) is 0 Å². The van der Waals surface area contributed by atoms with Crippen LogP contribution in [0.1, 0.15) is 20.7 Å². The number of carbonyl (C=O) groups is 2. The third-order valence-electron chi connectivity index (χ3n) is 2.91. The van der Waals surface area contributed by atoms with Gasteiger partial charge < -0.3 is 4.74 Å². The van der Waals surface area contributed by atoms with Crippen molar-refractivity contribution in [2.75, 3.05) is 12.2 Å². The van der Waals surface area contributed by atoms with Crippen molar-refractivity contribution in [2.24, 2.45) is 0 Å². The number of rotatable bonds is 5. The van der Waals surface area contributed by atoms with Crippen LogP contribution in [0, 0.1) is 0 Å². The minimum Gasteiger partial charge on any atom is -0.465 e. The lowest BCUT2D eigenvalue weighted by molar-refractivity contribution is -0.131. The molecule has 5 nitrogen and oxygen atoms in total. The van der Waals surface area contributed by atoms with Gasteiger partial charge in [0.15, 0.2) is 0 Å². The average Bonchev–Trinajstić information content (AvgIpc) is 2.59. The molecular weight excluding hydrogens is 308 g/mol. The first kappa shape index (κ1) is 16.6. The van der Waals surface area contributed by atoms with Gasteiger partial charge in [-0.1, -0.05) is 18.2 Å². The smallest absolute Gasteiger partial charge is 0.365 e. The van der Waals surface area contributed by atoms with E-state index in [-0.39, 0.29) is 16.8 Å². The predicted molar refractivity (Wildman–Crippen MR) is 78.1 cm³/mol. The molecule has 2 rings (SSSR count). The second-order valence-corrected chi connectivity index (χ2v) is 4.37. The van der Waals surface area contributed by atoms with Crippen LogP contribution in [-0.4, -0.2) is 25.6 Å². The molecule has 1 amide bonds. The molecule has 0 saturated carbocycles. The molecule has 2 aromatic carbocycles. The van der Waals surface area contributed by atoms with Gasteiger partial charge in [-0.2, -0.15) is 18.7 Å². The number of hydrogen-bond acceptors (Lipinski definition) is 4. The Morgan fingerprint density at radius 2 is 1.57 bits per heavy atom. The first-order valence-corrected chi connectivity index (χ1v) is 6.55. The number of hydroxylamine groups is 1. The van der Waals surface area contributed by atoms with Crippen molar-refractivity contribution in [3.05, 3.63) is 65.7 Å². The van der Waals surface area contributed by atoms with E-state index in [1.54, 1.807) is 18.2 Å². The Bertz CT molecular complexity index is 674. The third-order valence-corrected chi connectivity index (χ3v) is 2.91. The number of hydrogen-bond donors (Lipinski definition) is 0. The van der Waals surface area contributed by atoms with Gasteiger partial charge in [0.1, 0.15) is 0 Å². The first-order valence-electron chi connectivity index (χ1n) is 6.55. The second-order valence-electron chi connectivity index (χ2n) is 4.37. The predicted octanol–water partition coefficient (Wildman–Crippen LogP) is 3.27. The molecule has 0 spiro atoms. The van der Waals surface area contributed by atoms with Gasteiger partial charge in [-0.15, -0.1) is 0 Å². The maximum atomic E-state index is 12.6. The van der Waals surface area contributed by atoms with Crippen LogP contribution in [-0.2, 0) is 9.57 Å². The van der Waals surface area contributed by atoms with Crippen LogP contribution in [0.2, 0.25) is 0 Å². The van der Waals surface area contributed by atoms with Crippen LogP contribution in [0.4, 0.5) is 14.5 Å². The van der Waals surface area contributed by atoms with Crippen molar-refractivity contribution in [3.8, 4) is 0 Å². The van der Waals surface area contributed by atoms with E-state index in [1.165, 1.54) is 43.5 Å². The summed E-state index contributed by atoms with van der Waals surface area (Å²) in [6.45, 7) is -3.18. The molecule has 0 aliphatic carbocycles. The van der Waals surface area contributed by atoms with Gasteiger partial charge in [0, 0.05) is 5.56 Å². The number of anilines is 1. The van der Waals surface area contributed by atoms with Crippen LogP contribution >= 0.6 is 0 Å². The van der Waals surface area contributed by atoms with E-state index in [0.29, 0.717) is 5.06 Å². The normalized spacial score (nSPS) is 10.4. The lowest BCUT2D eigenvalue weighted by Gasteiger charge is -2.21. The summed E-state index contributed by atoms with van der Waals surface area (Å²) in [7, 11) is 1.22. The molecule has 120 valence electrons. The fourth-order valence-corrected chi connectivity index (χ4v) is 1.85. The summed E-state index contributed by atoms with van der Waals surface area (Å²) >= 11 is 0. The topological polar surface area (TPSA) is 55.8 Å². The SMILES string of the molecule is COC(=O)c1ccc(N(OC(F)F)C(=O)c2ccccc2)cc1. The van der Waals surface area contributed by atoms with Crippen LogP contribution in [0.5, 0.6) is 0 Å². The zero-order valence-electron chi connectivity index (χ0n) is 12.1. The number of esters is 1. The summed E-state index contributed by atoms with van der Waals surface area (Å²) < 4.78 is 29.8. The molecule has 0 radical (unpaired) electrons. The van der Waals surface area contributed by atoms with Gasteiger partial charge in [-0.3, -0.25) is 4.79 Å². The summed E-state index contributed by atoms with van der Waals surface area (Å²) in [4.78, 5) is 28.0. The summed E-state index contributed by atoms with van der Waals surface area (Å²) in [5, 5.41) is 0.487. The maximum absolute atomic E-state index is 12.6. The van der Waals surface area contributed by atoms with Gasteiger partial charge in [-0.05, 0) is 36.4 Å². The van der Waals surface area contributed by atoms with E-state index in [4.69, 9.17) is 0 Å². The molecule has 0 aliphatic heterocycles. The van der Waals surface area contributed by atoms with E-state index < -0.39 is 18.5 Å². The number of benzene rings is 2. The van der Waals surface area contributed by atoms with Crippen LogP contribution < -0.4 is 5.06 Å². The van der Waals surface area contributed by atoms with E-state index in [9.17, 15) is 18.4 Å². The molecule has 2 aromatic rings. The molecule has 0 aromatic heterocycles. The number of carbonyl (C=O) groups excluding carboxylic acids is 2. The van der Waals surface area contributed by atoms with Gasteiger partial charge in [0.05, 0.1) is 18.4 Å². The highest BCUT2D eigenvalue weighted by Gasteiger charge is 2.23. The quantitative estimate of drug-likeness (QED) is 0.626. The average molecular weight is 321 g/mol. The minimum atomic E-state index is -3.18. The largest absolute Gasteiger partial charge is 0.465 e. The lowest BCUT2D eigenvalue weighted by atomic mass is 10.2. The molecule has 0 fully saturated rings. The first-order chi connectivity index (χ1) is 11.0. The van der Waals surface area contributed by atoms with E-state index in [1.807, 2.05) is 0 Å². The highest BCUT2D eigenvalue weighted by Crippen LogP contribution is 2.21. The molecule has 0 aliphatic rings. The number of methoxy groups -OCH3 is 1. The Balaban J connectivity index is 2.31. The second kappa shape index (κ2) is 7.46. The van der Waals surface area contributed by atoms with Crippen LogP contribution in [0.15, 0.2) is 54.6 Å². The Kier molecular flexibility index (Phi) is 5.37. The highest BCUT2D eigenvalue weighted by atomic mass is 19.3. The summed E-state index contributed by atoms with van der Waals surface area (Å²) in [6, 6.07) is 13.2.